The molecule has 4 aliphatic carbocycles. The molecule has 4 aliphatic rings. The molecule has 0 aromatic rings. The van der Waals surface area contributed by atoms with E-state index in [0.29, 0.717) is 12.0 Å². The van der Waals surface area contributed by atoms with Crippen LogP contribution in [-0.2, 0) is 9.53 Å². The lowest BCUT2D eigenvalue weighted by atomic mass is 9.44. The highest BCUT2D eigenvalue weighted by Gasteiger charge is 2.58. The second-order valence-electron chi connectivity index (χ2n) is 7.87. The molecule has 0 saturated heterocycles. The Kier molecular flexibility index (Phi) is 3.57. The van der Waals surface area contributed by atoms with Crippen LogP contribution in [0.15, 0.2) is 0 Å². The lowest BCUT2D eigenvalue weighted by Crippen LogP contribution is -2.57. The number of methoxy groups -OCH3 is 1. The predicted molar refractivity (Wildman–Crippen MR) is 76.1 cm³/mol. The highest BCUT2D eigenvalue weighted by Crippen LogP contribution is 2.65. The van der Waals surface area contributed by atoms with Crippen LogP contribution in [0.3, 0.4) is 0 Å². The summed E-state index contributed by atoms with van der Waals surface area (Å²) in [6.45, 7) is 2.95. The van der Waals surface area contributed by atoms with Crippen molar-refractivity contribution in [2.24, 2.45) is 22.7 Å². The standard InChI is InChI=1S/C16H27NO3/c1-15-4-11-3-12(5-15)7-16(6-11,10-15)14(19)17-8-13(18)9-20-2/h11-13,18H,3-10H2,1-2H3,(H,17,19). The minimum atomic E-state index is -0.603. The minimum absolute atomic E-state index is 0.147. The van der Waals surface area contributed by atoms with Gasteiger partial charge < -0.3 is 15.2 Å². The number of rotatable bonds is 5. The van der Waals surface area contributed by atoms with Gasteiger partial charge >= 0.3 is 0 Å². The first kappa shape index (κ1) is 14.3. The van der Waals surface area contributed by atoms with Crippen LogP contribution in [0.2, 0.25) is 0 Å². The van der Waals surface area contributed by atoms with Crippen LogP contribution in [0, 0.1) is 22.7 Å². The third-order valence-corrected chi connectivity index (χ3v) is 5.69. The van der Waals surface area contributed by atoms with E-state index in [4.69, 9.17) is 4.74 Å². The minimum Gasteiger partial charge on any atom is -0.389 e. The molecular weight excluding hydrogens is 254 g/mol. The van der Waals surface area contributed by atoms with Gasteiger partial charge in [-0.1, -0.05) is 6.92 Å². The maximum absolute atomic E-state index is 12.7. The van der Waals surface area contributed by atoms with E-state index in [1.54, 1.807) is 7.11 Å². The molecule has 20 heavy (non-hydrogen) atoms. The number of hydrogen-bond acceptors (Lipinski definition) is 3. The Morgan fingerprint density at radius 3 is 2.55 bits per heavy atom. The third kappa shape index (κ3) is 2.48. The van der Waals surface area contributed by atoms with Crippen molar-refractivity contribution in [3.63, 3.8) is 0 Å². The van der Waals surface area contributed by atoms with Crippen molar-refractivity contribution in [2.75, 3.05) is 20.3 Å². The average Bonchev–Trinajstić information content (AvgIpc) is 2.33. The predicted octanol–water partition coefficient (Wildman–Crippen LogP) is 1.72. The van der Waals surface area contributed by atoms with Crippen LogP contribution in [0.1, 0.15) is 45.4 Å². The normalized spacial score (nSPS) is 43.5. The monoisotopic (exact) mass is 281 g/mol. The van der Waals surface area contributed by atoms with E-state index in [2.05, 4.69) is 12.2 Å². The summed E-state index contributed by atoms with van der Waals surface area (Å²) >= 11 is 0. The van der Waals surface area contributed by atoms with Crippen molar-refractivity contribution in [3.05, 3.63) is 0 Å². The average molecular weight is 281 g/mol. The third-order valence-electron chi connectivity index (χ3n) is 5.69. The molecule has 0 spiro atoms. The number of amides is 1. The molecule has 4 fully saturated rings. The summed E-state index contributed by atoms with van der Waals surface area (Å²) in [4.78, 5) is 12.7. The molecule has 4 heteroatoms. The van der Waals surface area contributed by atoms with Gasteiger partial charge in [-0.25, -0.2) is 0 Å². The summed E-state index contributed by atoms with van der Waals surface area (Å²) in [5, 5.41) is 12.7. The van der Waals surface area contributed by atoms with Crippen LogP contribution in [0.5, 0.6) is 0 Å². The summed E-state index contributed by atoms with van der Waals surface area (Å²) in [6, 6.07) is 0. The van der Waals surface area contributed by atoms with Crippen molar-refractivity contribution in [1.82, 2.24) is 5.32 Å². The van der Waals surface area contributed by atoms with Crippen LogP contribution < -0.4 is 5.32 Å². The molecule has 2 N–H and O–H groups in total. The van der Waals surface area contributed by atoms with E-state index in [1.165, 1.54) is 19.3 Å². The Labute approximate surface area is 121 Å². The SMILES string of the molecule is COCC(O)CNC(=O)C12CC3CC(CC(C)(C3)C1)C2. The van der Waals surface area contributed by atoms with Crippen molar-refractivity contribution in [1.29, 1.82) is 0 Å². The molecule has 0 heterocycles. The first-order valence-electron chi connectivity index (χ1n) is 7.90. The van der Waals surface area contributed by atoms with Crippen molar-refractivity contribution >= 4 is 5.91 Å². The summed E-state index contributed by atoms with van der Waals surface area (Å²) in [5.41, 5.74) is 0.234. The molecule has 114 valence electrons. The zero-order valence-electron chi connectivity index (χ0n) is 12.7. The maximum Gasteiger partial charge on any atom is 0.226 e. The van der Waals surface area contributed by atoms with E-state index < -0.39 is 6.10 Å². The van der Waals surface area contributed by atoms with Crippen LogP contribution in [0.4, 0.5) is 0 Å². The highest BCUT2D eigenvalue weighted by molar-refractivity contribution is 5.83. The van der Waals surface area contributed by atoms with Gasteiger partial charge in [0.1, 0.15) is 0 Å². The Hall–Kier alpha value is -0.610. The molecule has 0 radical (unpaired) electrons. The molecule has 4 saturated carbocycles. The number of carbonyl (C=O) groups is 1. The quantitative estimate of drug-likeness (QED) is 0.806. The zero-order valence-corrected chi connectivity index (χ0v) is 12.7. The molecule has 3 unspecified atom stereocenters. The van der Waals surface area contributed by atoms with Gasteiger partial charge in [0.25, 0.3) is 0 Å². The van der Waals surface area contributed by atoms with E-state index >= 15 is 0 Å². The Balaban J connectivity index is 1.65. The van der Waals surface area contributed by atoms with E-state index in [0.717, 1.165) is 31.1 Å². The number of carbonyl (C=O) groups excluding carboxylic acids is 1. The second kappa shape index (κ2) is 4.99. The molecule has 0 aliphatic heterocycles. The van der Waals surface area contributed by atoms with Crippen LogP contribution >= 0.6 is 0 Å². The van der Waals surface area contributed by atoms with Crippen LogP contribution in [-0.4, -0.2) is 37.4 Å². The van der Waals surface area contributed by atoms with Gasteiger partial charge in [0.15, 0.2) is 0 Å². The maximum atomic E-state index is 12.7. The number of aliphatic hydroxyl groups is 1. The number of hydrogen-bond donors (Lipinski definition) is 2. The largest absolute Gasteiger partial charge is 0.389 e. The first-order chi connectivity index (χ1) is 9.45. The van der Waals surface area contributed by atoms with Gasteiger partial charge in [-0.2, -0.15) is 0 Å². The Bertz CT molecular complexity index is 381. The summed E-state index contributed by atoms with van der Waals surface area (Å²) in [5.74, 6) is 1.67. The summed E-state index contributed by atoms with van der Waals surface area (Å²) in [7, 11) is 1.56. The van der Waals surface area contributed by atoms with Crippen molar-refractivity contribution in [2.45, 2.75) is 51.6 Å². The van der Waals surface area contributed by atoms with Gasteiger partial charge in [-0.15, -0.1) is 0 Å². The molecule has 0 aromatic carbocycles. The number of ether oxygens (including phenoxy) is 1. The molecule has 3 atom stereocenters. The van der Waals surface area contributed by atoms with Crippen molar-refractivity contribution < 1.29 is 14.6 Å². The fourth-order valence-corrected chi connectivity index (χ4v) is 5.64. The lowest BCUT2D eigenvalue weighted by molar-refractivity contribution is -0.155. The topological polar surface area (TPSA) is 58.6 Å². The fraction of sp³-hybridized carbons (Fsp3) is 0.938. The number of aliphatic hydroxyl groups excluding tert-OH is 1. The van der Waals surface area contributed by atoms with Crippen LogP contribution in [0.25, 0.3) is 0 Å². The fourth-order valence-electron chi connectivity index (χ4n) is 5.64. The van der Waals surface area contributed by atoms with Gasteiger partial charge in [-0.05, 0) is 55.8 Å². The molecule has 4 rings (SSSR count). The molecule has 1 amide bonds. The van der Waals surface area contributed by atoms with E-state index in [-0.39, 0.29) is 17.9 Å². The summed E-state index contributed by atoms with van der Waals surface area (Å²) < 4.78 is 4.90. The molecule has 4 nitrogen and oxygen atoms in total. The lowest BCUT2D eigenvalue weighted by Gasteiger charge is -2.60. The van der Waals surface area contributed by atoms with Gasteiger partial charge in [0.2, 0.25) is 5.91 Å². The Morgan fingerprint density at radius 1 is 1.35 bits per heavy atom. The Morgan fingerprint density at radius 2 is 2.00 bits per heavy atom. The smallest absolute Gasteiger partial charge is 0.226 e. The van der Waals surface area contributed by atoms with E-state index in [1.807, 2.05) is 0 Å². The highest BCUT2D eigenvalue weighted by atomic mass is 16.5. The van der Waals surface area contributed by atoms with E-state index in [9.17, 15) is 9.90 Å². The summed E-state index contributed by atoms with van der Waals surface area (Å²) in [6.07, 6.45) is 6.51. The van der Waals surface area contributed by atoms with Gasteiger partial charge in [-0.3, -0.25) is 4.79 Å². The zero-order chi connectivity index (χ0) is 14.4. The molecule has 4 bridgehead atoms. The van der Waals surface area contributed by atoms with Gasteiger partial charge in [0.05, 0.1) is 18.1 Å². The second-order valence-corrected chi connectivity index (χ2v) is 7.87. The molecule has 0 aromatic heterocycles. The number of nitrogens with one attached hydrogen (secondary N) is 1. The van der Waals surface area contributed by atoms with Gasteiger partial charge in [0, 0.05) is 13.7 Å². The first-order valence-corrected chi connectivity index (χ1v) is 7.90. The molecular formula is C16H27NO3. The van der Waals surface area contributed by atoms with Crippen molar-refractivity contribution in [3.8, 4) is 0 Å².